The van der Waals surface area contributed by atoms with Gasteiger partial charge in [-0.1, -0.05) is 13.3 Å². The second-order valence-corrected chi connectivity index (χ2v) is 4.35. The van der Waals surface area contributed by atoms with Crippen LogP contribution in [0.5, 0.6) is 0 Å². The number of hydrogen-bond acceptors (Lipinski definition) is 2. The van der Waals surface area contributed by atoms with Gasteiger partial charge in [0.25, 0.3) is 0 Å². The summed E-state index contributed by atoms with van der Waals surface area (Å²) in [4.78, 5) is 13.7. The molecule has 2 rings (SSSR count). The van der Waals surface area contributed by atoms with Crippen LogP contribution >= 0.6 is 0 Å². The van der Waals surface area contributed by atoms with Gasteiger partial charge in [-0.3, -0.25) is 4.79 Å². The molecule has 1 heterocycles. The number of hydrogen-bond donors (Lipinski definition) is 2. The van der Waals surface area contributed by atoms with Crippen molar-refractivity contribution in [2.24, 2.45) is 0 Å². The molecular formula is C13H13F3N2O. The summed E-state index contributed by atoms with van der Waals surface area (Å²) in [6.45, 7) is 1.86. The first-order chi connectivity index (χ1) is 8.84. The minimum Gasteiger partial charge on any atom is -0.398 e. The van der Waals surface area contributed by atoms with Gasteiger partial charge in [0.2, 0.25) is 5.56 Å². The average molecular weight is 270 g/mol. The van der Waals surface area contributed by atoms with Crippen molar-refractivity contribution in [3.8, 4) is 0 Å². The molecule has 3 N–H and O–H groups in total. The van der Waals surface area contributed by atoms with E-state index in [1.807, 2.05) is 6.92 Å². The zero-order valence-electron chi connectivity index (χ0n) is 10.3. The Morgan fingerprint density at radius 3 is 2.58 bits per heavy atom. The van der Waals surface area contributed by atoms with Gasteiger partial charge in [-0.2, -0.15) is 13.2 Å². The van der Waals surface area contributed by atoms with Crippen LogP contribution in [0.2, 0.25) is 0 Å². The standard InChI is InChI=1S/C13H13F3N2O/c1-2-3-7-9(17)4-5-10-12(7)8(13(14,15)16)6-11(19)18-10/h4-6H,2-3,17H2,1H3,(H,18,19). The molecule has 0 atom stereocenters. The summed E-state index contributed by atoms with van der Waals surface area (Å²) in [5.41, 5.74) is 4.97. The van der Waals surface area contributed by atoms with Gasteiger partial charge in [0.15, 0.2) is 0 Å². The largest absolute Gasteiger partial charge is 0.417 e. The number of nitrogens with one attached hydrogen (secondary N) is 1. The summed E-state index contributed by atoms with van der Waals surface area (Å²) in [5.74, 6) is 0. The highest BCUT2D eigenvalue weighted by Gasteiger charge is 2.34. The number of pyridine rings is 1. The van der Waals surface area contributed by atoms with E-state index in [1.165, 1.54) is 12.1 Å². The molecule has 0 aliphatic heterocycles. The molecule has 0 spiro atoms. The topological polar surface area (TPSA) is 58.9 Å². The lowest BCUT2D eigenvalue weighted by Gasteiger charge is -2.15. The molecule has 0 saturated heterocycles. The van der Waals surface area contributed by atoms with Crippen molar-refractivity contribution < 1.29 is 13.2 Å². The SMILES string of the molecule is CCCc1c(N)ccc2[nH]c(=O)cc(C(F)(F)F)c12. The van der Waals surface area contributed by atoms with E-state index in [0.717, 1.165) is 0 Å². The van der Waals surface area contributed by atoms with E-state index in [1.54, 1.807) is 0 Å². The Morgan fingerprint density at radius 1 is 1.32 bits per heavy atom. The van der Waals surface area contributed by atoms with E-state index in [9.17, 15) is 18.0 Å². The van der Waals surface area contributed by atoms with Gasteiger partial charge in [0.1, 0.15) is 0 Å². The van der Waals surface area contributed by atoms with E-state index in [-0.39, 0.29) is 10.9 Å². The molecule has 102 valence electrons. The summed E-state index contributed by atoms with van der Waals surface area (Å²) in [6.07, 6.45) is -3.49. The van der Waals surface area contributed by atoms with Crippen LogP contribution in [-0.2, 0) is 12.6 Å². The van der Waals surface area contributed by atoms with Crippen LogP contribution in [0.3, 0.4) is 0 Å². The van der Waals surface area contributed by atoms with Crippen LogP contribution in [-0.4, -0.2) is 4.98 Å². The van der Waals surface area contributed by atoms with Crippen molar-refractivity contribution in [2.45, 2.75) is 25.9 Å². The summed E-state index contributed by atoms with van der Waals surface area (Å²) in [6, 6.07) is 3.50. The monoisotopic (exact) mass is 270 g/mol. The fourth-order valence-electron chi connectivity index (χ4n) is 2.19. The molecule has 19 heavy (non-hydrogen) atoms. The van der Waals surface area contributed by atoms with Crippen molar-refractivity contribution in [1.82, 2.24) is 4.98 Å². The number of rotatable bonds is 2. The lowest BCUT2D eigenvalue weighted by Crippen LogP contribution is -2.15. The predicted octanol–water partition coefficient (Wildman–Crippen LogP) is 3.08. The Kier molecular flexibility index (Phi) is 3.26. The van der Waals surface area contributed by atoms with Crippen LogP contribution in [0, 0.1) is 0 Å². The van der Waals surface area contributed by atoms with Gasteiger partial charge in [0.05, 0.1) is 5.56 Å². The van der Waals surface area contributed by atoms with Crippen LogP contribution in [0.1, 0.15) is 24.5 Å². The third-order valence-electron chi connectivity index (χ3n) is 2.96. The first kappa shape index (κ1) is 13.5. The second kappa shape index (κ2) is 4.60. The fourth-order valence-corrected chi connectivity index (χ4v) is 2.19. The molecule has 0 aliphatic carbocycles. The molecule has 0 amide bonds. The number of anilines is 1. The minimum absolute atomic E-state index is 0.00560. The van der Waals surface area contributed by atoms with Crippen LogP contribution in [0.25, 0.3) is 10.9 Å². The molecule has 1 aromatic carbocycles. The van der Waals surface area contributed by atoms with Crippen molar-refractivity contribution in [3.05, 3.63) is 39.7 Å². The fraction of sp³-hybridized carbons (Fsp3) is 0.308. The number of nitrogen functional groups attached to an aromatic ring is 1. The predicted molar refractivity (Wildman–Crippen MR) is 68.0 cm³/mol. The Hall–Kier alpha value is -1.98. The normalized spacial score (nSPS) is 12.0. The molecule has 0 fully saturated rings. The van der Waals surface area contributed by atoms with Crippen molar-refractivity contribution >= 4 is 16.6 Å². The number of fused-ring (bicyclic) bond motifs is 1. The second-order valence-electron chi connectivity index (χ2n) is 4.35. The van der Waals surface area contributed by atoms with Crippen molar-refractivity contribution in [2.75, 3.05) is 5.73 Å². The molecule has 0 radical (unpaired) electrons. The van der Waals surface area contributed by atoms with E-state index in [4.69, 9.17) is 5.73 Å². The molecule has 0 bridgehead atoms. The maximum atomic E-state index is 13.1. The van der Waals surface area contributed by atoms with Crippen molar-refractivity contribution in [1.29, 1.82) is 0 Å². The zero-order chi connectivity index (χ0) is 14.2. The molecule has 6 heteroatoms. The first-order valence-corrected chi connectivity index (χ1v) is 5.86. The average Bonchev–Trinajstić information content (AvgIpc) is 2.31. The van der Waals surface area contributed by atoms with E-state index in [0.29, 0.717) is 30.2 Å². The highest BCUT2D eigenvalue weighted by molar-refractivity contribution is 5.90. The minimum atomic E-state index is -4.58. The van der Waals surface area contributed by atoms with Crippen LogP contribution in [0.4, 0.5) is 18.9 Å². The number of alkyl halides is 3. The van der Waals surface area contributed by atoms with Crippen LogP contribution in [0.15, 0.2) is 23.0 Å². The lowest BCUT2D eigenvalue weighted by molar-refractivity contribution is -0.136. The Labute approximate surface area is 107 Å². The number of aromatic nitrogens is 1. The van der Waals surface area contributed by atoms with Crippen molar-refractivity contribution in [3.63, 3.8) is 0 Å². The quantitative estimate of drug-likeness (QED) is 0.824. The smallest absolute Gasteiger partial charge is 0.398 e. The van der Waals surface area contributed by atoms with E-state index >= 15 is 0 Å². The van der Waals surface area contributed by atoms with E-state index < -0.39 is 17.3 Å². The van der Waals surface area contributed by atoms with Gasteiger partial charge in [-0.15, -0.1) is 0 Å². The first-order valence-electron chi connectivity index (χ1n) is 5.86. The number of H-pyrrole nitrogens is 1. The highest BCUT2D eigenvalue weighted by Crippen LogP contribution is 2.36. The third kappa shape index (κ3) is 2.43. The van der Waals surface area contributed by atoms with Gasteiger partial charge < -0.3 is 10.7 Å². The zero-order valence-corrected chi connectivity index (χ0v) is 10.3. The Bertz CT molecular complexity index is 674. The highest BCUT2D eigenvalue weighted by atomic mass is 19.4. The van der Waals surface area contributed by atoms with Crippen LogP contribution < -0.4 is 11.3 Å². The van der Waals surface area contributed by atoms with Gasteiger partial charge in [0, 0.05) is 22.7 Å². The van der Waals surface area contributed by atoms with Gasteiger partial charge in [-0.25, -0.2) is 0 Å². The number of nitrogens with two attached hydrogens (primary N) is 1. The molecule has 0 saturated carbocycles. The lowest BCUT2D eigenvalue weighted by atomic mass is 9.98. The van der Waals surface area contributed by atoms with Gasteiger partial charge in [-0.05, 0) is 24.1 Å². The number of aryl methyl sites for hydroxylation is 1. The number of aromatic amines is 1. The summed E-state index contributed by atoms with van der Waals surface area (Å²) in [5, 5.41) is -0.00560. The Morgan fingerprint density at radius 2 is 2.00 bits per heavy atom. The summed E-state index contributed by atoms with van der Waals surface area (Å²) < 4.78 is 39.2. The molecule has 0 unspecified atom stereocenters. The molecule has 2 aromatic rings. The third-order valence-corrected chi connectivity index (χ3v) is 2.96. The maximum Gasteiger partial charge on any atom is 0.417 e. The summed E-state index contributed by atoms with van der Waals surface area (Å²) >= 11 is 0. The van der Waals surface area contributed by atoms with E-state index in [2.05, 4.69) is 4.98 Å². The molecular weight excluding hydrogens is 257 g/mol. The molecule has 1 aromatic heterocycles. The maximum absolute atomic E-state index is 13.1. The number of benzene rings is 1. The Balaban J connectivity index is 2.93. The summed E-state index contributed by atoms with van der Waals surface area (Å²) in [7, 11) is 0. The molecule has 3 nitrogen and oxygen atoms in total. The number of halogens is 3. The van der Waals surface area contributed by atoms with Gasteiger partial charge >= 0.3 is 6.18 Å². The molecule has 0 aliphatic rings.